The highest BCUT2D eigenvalue weighted by atomic mass is 32.2. The molecule has 0 heterocycles. The van der Waals surface area contributed by atoms with Crippen LogP contribution in [0, 0.1) is 20.8 Å². The number of rotatable bonds is 10. The fraction of sp³-hybridized carbons (Fsp3) is 0.312. The fourth-order valence-electron chi connectivity index (χ4n) is 5.39. The molecule has 0 bridgehead atoms. The van der Waals surface area contributed by atoms with E-state index in [-0.39, 0.29) is 29.4 Å². The van der Waals surface area contributed by atoms with E-state index in [1.807, 2.05) is 43.3 Å². The highest BCUT2D eigenvalue weighted by molar-refractivity contribution is 8.08. The predicted octanol–water partition coefficient (Wildman–Crippen LogP) is 5.50. The quantitative estimate of drug-likeness (QED) is 0.0798. The Balaban J connectivity index is 1.82. The van der Waals surface area contributed by atoms with Crippen molar-refractivity contribution in [2.24, 2.45) is 0 Å². The molecule has 0 aliphatic rings. The molecule has 0 amide bonds. The van der Waals surface area contributed by atoms with Gasteiger partial charge in [0.25, 0.3) is 23.9 Å². The fourth-order valence-corrected chi connectivity index (χ4v) is 11.6. The number of carbonyl (C=O) groups is 1. The second kappa shape index (κ2) is 12.4. The van der Waals surface area contributed by atoms with Crippen molar-refractivity contribution in [2.45, 2.75) is 64.3 Å². The zero-order chi connectivity index (χ0) is 29.7. The monoisotopic (exact) mass is 574 g/mol. The first-order chi connectivity index (χ1) is 18.8. The van der Waals surface area contributed by atoms with E-state index in [0.29, 0.717) is 16.7 Å². The molecule has 0 N–H and O–H groups in total. The van der Waals surface area contributed by atoms with Crippen molar-refractivity contribution in [3.05, 3.63) is 107 Å². The second-order valence-electron chi connectivity index (χ2n) is 11.3. The molecule has 0 spiro atoms. The summed E-state index contributed by atoms with van der Waals surface area (Å²) in [6.07, 6.45) is 0.0168. The maximum absolute atomic E-state index is 13.3. The molecule has 0 fully saturated rings. The van der Waals surface area contributed by atoms with Crippen LogP contribution in [0.1, 0.15) is 50.3 Å². The van der Waals surface area contributed by atoms with Crippen molar-refractivity contribution < 1.29 is 22.4 Å². The Morgan fingerprint density at radius 2 is 1.38 bits per heavy atom. The molecule has 0 radical (unpaired) electrons. The normalized spacial score (nSPS) is 12.1. The number of Topliss-reactive ketones (excluding diaryl/α,β-unsaturated/α-hetero) is 1. The van der Waals surface area contributed by atoms with E-state index in [2.05, 4.69) is 56.4 Å². The van der Waals surface area contributed by atoms with Crippen LogP contribution in [-0.4, -0.2) is 39.0 Å². The maximum Gasteiger partial charge on any atom is 0.451 e. The number of carbonyl (C=O) groups excluding carboxylic acids is 1. The Morgan fingerprint density at radius 3 is 1.80 bits per heavy atom. The molecule has 0 aliphatic carbocycles. The lowest BCUT2D eigenvalue weighted by atomic mass is 10.1. The van der Waals surface area contributed by atoms with Gasteiger partial charge in [-0.15, -0.1) is 4.79 Å². The first-order valence-corrected chi connectivity index (χ1v) is 16.6. The number of benzene rings is 3. The van der Waals surface area contributed by atoms with Crippen LogP contribution >= 0.6 is 0 Å². The van der Waals surface area contributed by atoms with Crippen LogP contribution in [0.25, 0.3) is 5.53 Å². The molecule has 0 saturated heterocycles. The van der Waals surface area contributed by atoms with Crippen LogP contribution in [0.15, 0.2) is 89.8 Å². The molecular weight excluding hydrogens is 537 g/mol. The molecule has 0 atom stereocenters. The summed E-state index contributed by atoms with van der Waals surface area (Å²) in [6.45, 7) is 16.1. The summed E-state index contributed by atoms with van der Waals surface area (Å²) in [7, 11) is -7.10. The van der Waals surface area contributed by atoms with Gasteiger partial charge in [-0.25, -0.2) is 8.42 Å². The van der Waals surface area contributed by atoms with Crippen molar-refractivity contribution in [3.8, 4) is 0 Å². The van der Waals surface area contributed by atoms with Crippen LogP contribution in [0.3, 0.4) is 0 Å². The van der Waals surface area contributed by atoms with Crippen LogP contribution in [0.5, 0.6) is 0 Å². The average Bonchev–Trinajstić information content (AvgIpc) is 2.87. The third kappa shape index (κ3) is 6.31. The van der Waals surface area contributed by atoms with Gasteiger partial charge in [-0.3, -0.25) is 4.79 Å². The van der Waals surface area contributed by atoms with E-state index in [1.54, 1.807) is 26.0 Å². The lowest BCUT2D eigenvalue weighted by molar-refractivity contribution is -0.116. The first kappa shape index (κ1) is 31.1. The van der Waals surface area contributed by atoms with Gasteiger partial charge in [0, 0.05) is 6.42 Å². The second-order valence-corrected chi connectivity index (χ2v) is 17.4. The Bertz CT molecular complexity index is 1490. The van der Waals surface area contributed by atoms with Gasteiger partial charge in [-0.05, 0) is 53.7 Å². The van der Waals surface area contributed by atoms with Crippen LogP contribution in [0.2, 0.25) is 5.04 Å². The molecule has 3 aromatic rings. The van der Waals surface area contributed by atoms with E-state index in [4.69, 9.17) is 4.43 Å². The van der Waals surface area contributed by atoms with Crippen molar-refractivity contribution in [1.29, 1.82) is 0 Å². The zero-order valence-corrected chi connectivity index (χ0v) is 26.0. The third-order valence-electron chi connectivity index (χ3n) is 7.07. The van der Waals surface area contributed by atoms with Gasteiger partial charge in [0.1, 0.15) is 0 Å². The van der Waals surface area contributed by atoms with E-state index in [9.17, 15) is 18.7 Å². The van der Waals surface area contributed by atoms with Gasteiger partial charge in [0.2, 0.25) is 0 Å². The minimum atomic E-state index is -4.31. The summed E-state index contributed by atoms with van der Waals surface area (Å²) < 4.78 is 33.5. The molecule has 210 valence electrons. The van der Waals surface area contributed by atoms with Gasteiger partial charge >= 0.3 is 5.04 Å². The number of aryl methyl sites for hydroxylation is 3. The van der Waals surface area contributed by atoms with E-state index in [0.717, 1.165) is 15.9 Å². The predicted molar refractivity (Wildman–Crippen MR) is 163 cm³/mol. The summed E-state index contributed by atoms with van der Waals surface area (Å²) in [5.41, 5.74) is 12.1. The van der Waals surface area contributed by atoms with E-state index in [1.165, 1.54) is 0 Å². The lowest BCUT2D eigenvalue weighted by Gasteiger charge is -2.43. The molecule has 40 heavy (non-hydrogen) atoms. The third-order valence-corrected chi connectivity index (χ3v) is 14.1. The van der Waals surface area contributed by atoms with E-state index >= 15 is 0 Å². The molecule has 8 heteroatoms. The van der Waals surface area contributed by atoms with E-state index < -0.39 is 29.0 Å². The van der Waals surface area contributed by atoms with Crippen LogP contribution < -0.4 is 10.4 Å². The number of nitrogens with zero attached hydrogens (tertiary/aromatic N) is 2. The molecule has 6 nitrogen and oxygen atoms in total. The van der Waals surface area contributed by atoms with Gasteiger partial charge in [0.05, 0.1) is 11.5 Å². The highest BCUT2D eigenvalue weighted by Gasteiger charge is 2.50. The van der Waals surface area contributed by atoms with Crippen molar-refractivity contribution in [2.75, 3.05) is 6.61 Å². The smallest absolute Gasteiger partial charge is 0.403 e. The Labute approximate surface area is 239 Å². The summed E-state index contributed by atoms with van der Waals surface area (Å²) >= 11 is 0. The van der Waals surface area contributed by atoms with Gasteiger partial charge in [-0.1, -0.05) is 111 Å². The van der Waals surface area contributed by atoms with Gasteiger partial charge in [0.15, 0.2) is 0 Å². The number of sulfone groups is 1. The topological polar surface area (TPSA) is 96.8 Å². The molecule has 3 aromatic carbocycles. The minimum absolute atomic E-state index is 0.00640. The van der Waals surface area contributed by atoms with Crippen LogP contribution in [0.4, 0.5) is 0 Å². The molecule has 0 aliphatic heterocycles. The average molecular weight is 575 g/mol. The summed E-state index contributed by atoms with van der Waals surface area (Å²) in [6, 6.07) is 23.8. The highest BCUT2D eigenvalue weighted by Crippen LogP contribution is 2.37. The number of hydrogen-bond acceptors (Lipinski definition) is 4. The van der Waals surface area contributed by atoms with Gasteiger partial charge in [-0.2, -0.15) is 0 Å². The largest absolute Gasteiger partial charge is 0.451 e. The molecule has 0 saturated carbocycles. The molecule has 0 unspecified atom stereocenters. The first-order valence-electron chi connectivity index (χ1n) is 13.3. The number of hydrogen-bond donors (Lipinski definition) is 0. The molecular formula is C32H38N2O4SSi. The molecule has 0 aromatic heterocycles. The van der Waals surface area contributed by atoms with Crippen molar-refractivity contribution in [3.63, 3.8) is 0 Å². The SMILES string of the molecule is C=C(CCC(=O)C(=[N+]=[N-])S(=O)(=O)c1c(C)cc(C)cc1C)CO[Si](c1ccccc1)(c1ccccc1)C(C)(C)C. The zero-order valence-electron chi connectivity index (χ0n) is 24.2. The minimum Gasteiger partial charge on any atom is -0.403 e. The maximum atomic E-state index is 13.3. The summed E-state index contributed by atoms with van der Waals surface area (Å²) in [5.74, 6) is -0.770. The Hall–Kier alpha value is -3.42. The summed E-state index contributed by atoms with van der Waals surface area (Å²) in [4.78, 5) is 16.0. The van der Waals surface area contributed by atoms with Gasteiger partial charge < -0.3 is 9.96 Å². The number of ketones is 1. The lowest BCUT2D eigenvalue weighted by Crippen LogP contribution is -2.66. The Morgan fingerprint density at radius 1 is 0.900 bits per heavy atom. The standard InChI is InChI=1S/C32H38N2O4SSi/c1-23(18-19-29(35)31(34-33)39(36,37)30-25(3)20-24(2)21-26(30)4)22-38-40(32(5,6)7,27-14-10-8-11-15-27)28-16-12-9-13-17-28/h8-17,20-21H,1,18-19,22H2,2-7H3. The summed E-state index contributed by atoms with van der Waals surface area (Å²) in [5, 5.41) is 1.17. The van der Waals surface area contributed by atoms with Crippen LogP contribution in [-0.2, 0) is 19.1 Å². The van der Waals surface area contributed by atoms with Crippen molar-refractivity contribution in [1.82, 2.24) is 0 Å². The molecule has 3 rings (SSSR count). The Kier molecular flexibility index (Phi) is 9.64. The van der Waals surface area contributed by atoms with Crippen molar-refractivity contribution >= 4 is 39.4 Å².